The zero-order chi connectivity index (χ0) is 17.9. The minimum atomic E-state index is 0.281. The first-order valence-electron chi connectivity index (χ1n) is 8.68. The number of hydrogen-bond acceptors (Lipinski definition) is 1. The SMILES string of the molecule is Cc1ccc(-c2ccc(-c3[c]ccc(-c4ccc(O)cc4)c3)cc2)cc1. The summed E-state index contributed by atoms with van der Waals surface area (Å²) in [7, 11) is 0. The maximum atomic E-state index is 9.47. The lowest BCUT2D eigenvalue weighted by molar-refractivity contribution is 0.475. The molecule has 1 N–H and O–H groups in total. The van der Waals surface area contributed by atoms with Crippen LogP contribution in [-0.4, -0.2) is 5.11 Å². The van der Waals surface area contributed by atoms with Crippen LogP contribution in [-0.2, 0) is 0 Å². The molecule has 0 spiro atoms. The zero-order valence-corrected chi connectivity index (χ0v) is 14.6. The lowest BCUT2D eigenvalue weighted by atomic mass is 9.97. The van der Waals surface area contributed by atoms with Gasteiger partial charge >= 0.3 is 0 Å². The van der Waals surface area contributed by atoms with Gasteiger partial charge in [-0.05, 0) is 64.6 Å². The molecule has 0 saturated carbocycles. The Morgan fingerprint density at radius 3 is 1.73 bits per heavy atom. The van der Waals surface area contributed by atoms with Gasteiger partial charge in [-0.3, -0.25) is 0 Å². The number of hydrogen-bond donors (Lipinski definition) is 1. The first-order valence-corrected chi connectivity index (χ1v) is 8.68. The fourth-order valence-electron chi connectivity index (χ4n) is 3.05. The van der Waals surface area contributed by atoms with Crippen molar-refractivity contribution in [2.24, 2.45) is 0 Å². The van der Waals surface area contributed by atoms with Crippen molar-refractivity contribution in [3.05, 3.63) is 103 Å². The van der Waals surface area contributed by atoms with E-state index in [4.69, 9.17) is 0 Å². The fraction of sp³-hybridized carbons (Fsp3) is 0.0400. The van der Waals surface area contributed by atoms with Gasteiger partial charge in [0.05, 0.1) is 0 Å². The van der Waals surface area contributed by atoms with E-state index in [1.54, 1.807) is 12.1 Å². The summed E-state index contributed by atoms with van der Waals surface area (Å²) >= 11 is 0. The van der Waals surface area contributed by atoms with Crippen molar-refractivity contribution in [1.82, 2.24) is 0 Å². The van der Waals surface area contributed by atoms with Crippen molar-refractivity contribution in [2.45, 2.75) is 6.92 Å². The van der Waals surface area contributed by atoms with Gasteiger partial charge in [-0.2, -0.15) is 0 Å². The van der Waals surface area contributed by atoms with Gasteiger partial charge in [0.1, 0.15) is 5.75 Å². The quantitative estimate of drug-likeness (QED) is 0.453. The Labute approximate surface area is 154 Å². The first-order chi connectivity index (χ1) is 12.7. The standard InChI is InChI=1S/C25H19O/c1-18-5-7-19(8-6-18)20-9-11-21(12-10-20)23-3-2-4-24(17-23)22-13-15-25(26)16-14-22/h2,4-17,26H,1H3. The zero-order valence-electron chi connectivity index (χ0n) is 14.6. The van der Waals surface area contributed by atoms with Crippen molar-refractivity contribution in [1.29, 1.82) is 0 Å². The van der Waals surface area contributed by atoms with E-state index in [1.807, 2.05) is 24.3 Å². The normalized spacial score (nSPS) is 10.7. The Balaban J connectivity index is 1.64. The molecule has 0 fully saturated rings. The monoisotopic (exact) mass is 335 g/mol. The maximum absolute atomic E-state index is 9.47. The summed E-state index contributed by atoms with van der Waals surface area (Å²) in [6, 6.07) is 33.9. The number of phenolic OH excluding ortho intramolecular Hbond substituents is 1. The Morgan fingerprint density at radius 2 is 1.08 bits per heavy atom. The fourth-order valence-corrected chi connectivity index (χ4v) is 3.05. The van der Waals surface area contributed by atoms with Crippen LogP contribution in [0.5, 0.6) is 5.75 Å². The van der Waals surface area contributed by atoms with Crippen LogP contribution in [0, 0.1) is 13.0 Å². The topological polar surface area (TPSA) is 20.2 Å². The van der Waals surface area contributed by atoms with Crippen molar-refractivity contribution >= 4 is 0 Å². The van der Waals surface area contributed by atoms with Gasteiger partial charge in [0.15, 0.2) is 0 Å². The van der Waals surface area contributed by atoms with Gasteiger partial charge in [-0.1, -0.05) is 78.4 Å². The van der Waals surface area contributed by atoms with Crippen molar-refractivity contribution < 1.29 is 5.11 Å². The first kappa shape index (κ1) is 16.2. The van der Waals surface area contributed by atoms with E-state index in [0.717, 1.165) is 22.3 Å². The molecule has 1 radical (unpaired) electrons. The molecule has 4 aromatic rings. The van der Waals surface area contributed by atoms with Crippen LogP contribution < -0.4 is 0 Å². The third kappa shape index (κ3) is 3.38. The number of aromatic hydroxyl groups is 1. The summed E-state index contributed by atoms with van der Waals surface area (Å²) in [4.78, 5) is 0. The Morgan fingerprint density at radius 1 is 0.577 bits per heavy atom. The van der Waals surface area contributed by atoms with Crippen molar-refractivity contribution in [3.8, 4) is 39.1 Å². The van der Waals surface area contributed by atoms with Gasteiger partial charge < -0.3 is 5.11 Å². The number of phenols is 1. The van der Waals surface area contributed by atoms with Crippen LogP contribution in [0.1, 0.15) is 5.56 Å². The highest BCUT2D eigenvalue weighted by atomic mass is 16.3. The molecule has 0 aliphatic rings. The van der Waals surface area contributed by atoms with Crippen LogP contribution in [0.25, 0.3) is 33.4 Å². The third-order valence-corrected chi connectivity index (χ3v) is 4.58. The Bertz CT molecular complexity index is 1010. The van der Waals surface area contributed by atoms with Crippen LogP contribution in [0.2, 0.25) is 0 Å². The average molecular weight is 335 g/mol. The average Bonchev–Trinajstić information content (AvgIpc) is 2.69. The number of rotatable bonds is 3. The molecule has 125 valence electrons. The molecule has 0 heterocycles. The van der Waals surface area contributed by atoms with Gasteiger partial charge in [0, 0.05) is 0 Å². The largest absolute Gasteiger partial charge is 0.508 e. The highest BCUT2D eigenvalue weighted by Crippen LogP contribution is 2.29. The predicted molar refractivity (Wildman–Crippen MR) is 108 cm³/mol. The molecule has 0 amide bonds. The molecule has 0 aliphatic heterocycles. The molecule has 0 saturated heterocycles. The molecular formula is C25H19O. The second kappa shape index (κ2) is 6.89. The van der Waals surface area contributed by atoms with E-state index in [-0.39, 0.29) is 5.75 Å². The second-order valence-electron chi connectivity index (χ2n) is 6.48. The molecule has 0 bridgehead atoms. The molecule has 4 rings (SSSR count). The van der Waals surface area contributed by atoms with Gasteiger partial charge in [-0.15, -0.1) is 0 Å². The van der Waals surface area contributed by atoms with E-state index < -0.39 is 0 Å². The summed E-state index contributed by atoms with van der Waals surface area (Å²) in [6.45, 7) is 2.10. The Hall–Kier alpha value is -3.32. The smallest absolute Gasteiger partial charge is 0.115 e. The second-order valence-corrected chi connectivity index (χ2v) is 6.48. The number of benzene rings is 4. The Kier molecular flexibility index (Phi) is 4.28. The molecule has 1 nitrogen and oxygen atoms in total. The van der Waals surface area contributed by atoms with E-state index in [2.05, 4.69) is 67.6 Å². The minimum Gasteiger partial charge on any atom is -0.508 e. The van der Waals surface area contributed by atoms with E-state index >= 15 is 0 Å². The molecule has 0 aliphatic carbocycles. The van der Waals surface area contributed by atoms with E-state index in [1.165, 1.54) is 16.7 Å². The molecule has 0 unspecified atom stereocenters. The lowest BCUT2D eigenvalue weighted by Gasteiger charge is -2.08. The number of aryl methyl sites for hydroxylation is 1. The molecule has 0 atom stereocenters. The van der Waals surface area contributed by atoms with Gasteiger partial charge in [-0.25, -0.2) is 0 Å². The maximum Gasteiger partial charge on any atom is 0.115 e. The summed E-state index contributed by atoms with van der Waals surface area (Å²) in [5.41, 5.74) is 8.10. The highest BCUT2D eigenvalue weighted by Gasteiger charge is 2.04. The van der Waals surface area contributed by atoms with E-state index in [9.17, 15) is 5.11 Å². The minimum absolute atomic E-state index is 0.281. The van der Waals surface area contributed by atoms with Crippen molar-refractivity contribution in [3.63, 3.8) is 0 Å². The summed E-state index contributed by atoms with van der Waals surface area (Å²) in [5.74, 6) is 0.281. The summed E-state index contributed by atoms with van der Waals surface area (Å²) in [5, 5.41) is 9.47. The van der Waals surface area contributed by atoms with Crippen LogP contribution in [0.3, 0.4) is 0 Å². The molecule has 1 heteroatoms. The highest BCUT2D eigenvalue weighted by molar-refractivity contribution is 5.75. The molecule has 0 aromatic heterocycles. The van der Waals surface area contributed by atoms with Crippen molar-refractivity contribution in [2.75, 3.05) is 0 Å². The summed E-state index contributed by atoms with van der Waals surface area (Å²) < 4.78 is 0. The predicted octanol–water partition coefficient (Wildman–Crippen LogP) is 6.50. The van der Waals surface area contributed by atoms with E-state index in [0.29, 0.717) is 0 Å². The third-order valence-electron chi connectivity index (χ3n) is 4.58. The van der Waals surface area contributed by atoms with Gasteiger partial charge in [0.2, 0.25) is 0 Å². The van der Waals surface area contributed by atoms with Gasteiger partial charge in [0.25, 0.3) is 0 Å². The van der Waals surface area contributed by atoms with Crippen LogP contribution >= 0.6 is 0 Å². The molecular weight excluding hydrogens is 316 g/mol. The van der Waals surface area contributed by atoms with Crippen LogP contribution in [0.15, 0.2) is 91.0 Å². The lowest BCUT2D eigenvalue weighted by Crippen LogP contribution is -1.83. The molecule has 4 aromatic carbocycles. The van der Waals surface area contributed by atoms with Crippen LogP contribution in [0.4, 0.5) is 0 Å². The summed E-state index contributed by atoms with van der Waals surface area (Å²) in [6.07, 6.45) is 0. The molecule has 26 heavy (non-hydrogen) atoms.